The number of H-pyrrole nitrogens is 1. The molecule has 1 aromatic heterocycles. The maximum absolute atomic E-state index is 12.9. The summed E-state index contributed by atoms with van der Waals surface area (Å²) in [5.41, 5.74) is 1.40. The Bertz CT molecular complexity index is 765. The number of likely N-dealkylation sites (tertiary alicyclic amines) is 1. The fourth-order valence-corrected chi connectivity index (χ4v) is 3.40. The lowest BCUT2D eigenvalue weighted by atomic mass is 9.96. The van der Waals surface area contributed by atoms with Crippen molar-refractivity contribution in [2.75, 3.05) is 19.6 Å². The smallest absolute Gasteiger partial charge is 0.256 e. The molecule has 2 aromatic rings. The Morgan fingerprint density at radius 2 is 2.17 bits per heavy atom. The number of benzene rings is 1. The monoisotopic (exact) mass is 326 g/mol. The van der Waals surface area contributed by atoms with E-state index >= 15 is 0 Å². The van der Waals surface area contributed by atoms with Crippen molar-refractivity contribution in [1.82, 2.24) is 20.4 Å². The summed E-state index contributed by atoms with van der Waals surface area (Å²) < 4.78 is 0. The normalized spacial score (nSPS) is 21.0. The van der Waals surface area contributed by atoms with Gasteiger partial charge in [0.05, 0.1) is 23.2 Å². The van der Waals surface area contributed by atoms with E-state index in [1.165, 1.54) is 12.8 Å². The third kappa shape index (κ3) is 3.00. The SMILES string of the molecule is O=C(NCC1CC1)C1CCCN(C(=O)c2cccc3cn[nH]c23)C1. The summed E-state index contributed by atoms with van der Waals surface area (Å²) in [6.07, 6.45) is 5.89. The summed E-state index contributed by atoms with van der Waals surface area (Å²) >= 11 is 0. The molecular formula is C18H22N4O2. The van der Waals surface area contributed by atoms with E-state index in [0.29, 0.717) is 24.6 Å². The zero-order valence-electron chi connectivity index (χ0n) is 13.6. The Morgan fingerprint density at radius 1 is 1.29 bits per heavy atom. The number of nitrogens with zero attached hydrogens (tertiary/aromatic N) is 2. The summed E-state index contributed by atoms with van der Waals surface area (Å²) in [5, 5.41) is 10.9. The molecule has 126 valence electrons. The molecule has 1 aliphatic carbocycles. The van der Waals surface area contributed by atoms with E-state index in [9.17, 15) is 9.59 Å². The van der Waals surface area contributed by atoms with Crippen LogP contribution in [0, 0.1) is 11.8 Å². The number of carbonyl (C=O) groups is 2. The molecule has 1 aromatic carbocycles. The number of amides is 2. The van der Waals surface area contributed by atoms with Crippen molar-refractivity contribution in [3.8, 4) is 0 Å². The minimum Gasteiger partial charge on any atom is -0.356 e. The molecule has 1 saturated heterocycles. The number of aromatic nitrogens is 2. The van der Waals surface area contributed by atoms with Crippen LogP contribution in [0.4, 0.5) is 0 Å². The van der Waals surface area contributed by atoms with Crippen molar-refractivity contribution in [1.29, 1.82) is 0 Å². The van der Waals surface area contributed by atoms with Crippen molar-refractivity contribution in [3.05, 3.63) is 30.0 Å². The average Bonchev–Trinajstić information content (AvgIpc) is 3.33. The standard InChI is InChI=1S/C18H22N4O2/c23-17(19-9-12-6-7-12)14-4-2-8-22(11-14)18(24)15-5-1-3-13-10-20-21-16(13)15/h1,3,5,10,12,14H,2,4,6-9,11H2,(H,19,23)(H,20,21). The van der Waals surface area contributed by atoms with Crippen molar-refractivity contribution in [3.63, 3.8) is 0 Å². The molecule has 0 bridgehead atoms. The predicted molar refractivity (Wildman–Crippen MR) is 90.5 cm³/mol. The number of aromatic amines is 1. The topological polar surface area (TPSA) is 78.1 Å². The fourth-order valence-electron chi connectivity index (χ4n) is 3.40. The molecule has 1 saturated carbocycles. The van der Waals surface area contributed by atoms with Crippen LogP contribution in [-0.2, 0) is 4.79 Å². The minimum absolute atomic E-state index is 0.0236. The Hall–Kier alpha value is -2.37. The summed E-state index contributed by atoms with van der Waals surface area (Å²) in [6, 6.07) is 5.62. The van der Waals surface area contributed by atoms with E-state index in [4.69, 9.17) is 0 Å². The van der Waals surface area contributed by atoms with Gasteiger partial charge in [-0.05, 0) is 37.7 Å². The molecule has 6 heteroatoms. The quantitative estimate of drug-likeness (QED) is 0.901. The van der Waals surface area contributed by atoms with Gasteiger partial charge >= 0.3 is 0 Å². The van der Waals surface area contributed by atoms with Gasteiger partial charge in [-0.1, -0.05) is 12.1 Å². The molecule has 1 aliphatic heterocycles. The van der Waals surface area contributed by atoms with E-state index in [1.807, 2.05) is 18.2 Å². The molecule has 0 radical (unpaired) electrons. The van der Waals surface area contributed by atoms with Gasteiger partial charge in [-0.3, -0.25) is 14.7 Å². The molecule has 2 heterocycles. The van der Waals surface area contributed by atoms with Crippen LogP contribution in [0.15, 0.2) is 24.4 Å². The average molecular weight is 326 g/mol. The van der Waals surface area contributed by atoms with Crippen LogP contribution in [0.5, 0.6) is 0 Å². The van der Waals surface area contributed by atoms with E-state index in [0.717, 1.165) is 30.3 Å². The highest BCUT2D eigenvalue weighted by Crippen LogP contribution is 2.28. The number of hydrogen-bond acceptors (Lipinski definition) is 3. The first kappa shape index (κ1) is 15.2. The Kier molecular flexibility index (Phi) is 3.96. The van der Waals surface area contributed by atoms with Crippen molar-refractivity contribution in [2.45, 2.75) is 25.7 Å². The van der Waals surface area contributed by atoms with Gasteiger partial charge in [-0.25, -0.2) is 0 Å². The minimum atomic E-state index is -0.0950. The molecule has 4 rings (SSSR count). The second-order valence-electron chi connectivity index (χ2n) is 6.92. The lowest BCUT2D eigenvalue weighted by Gasteiger charge is -2.32. The highest BCUT2D eigenvalue weighted by atomic mass is 16.2. The first-order chi connectivity index (χ1) is 11.7. The van der Waals surface area contributed by atoms with E-state index in [-0.39, 0.29) is 17.7 Å². The zero-order valence-corrected chi connectivity index (χ0v) is 13.6. The van der Waals surface area contributed by atoms with Crippen molar-refractivity contribution >= 4 is 22.7 Å². The van der Waals surface area contributed by atoms with Gasteiger partial charge in [-0.2, -0.15) is 5.10 Å². The number of para-hydroxylation sites is 1. The van der Waals surface area contributed by atoms with Gasteiger partial charge in [0.25, 0.3) is 5.91 Å². The van der Waals surface area contributed by atoms with Crippen LogP contribution in [-0.4, -0.2) is 46.5 Å². The number of hydrogen-bond donors (Lipinski definition) is 2. The molecule has 0 spiro atoms. The first-order valence-electron chi connectivity index (χ1n) is 8.71. The lowest BCUT2D eigenvalue weighted by molar-refractivity contribution is -0.126. The summed E-state index contributed by atoms with van der Waals surface area (Å²) in [5.74, 6) is 0.652. The molecule has 1 unspecified atom stereocenters. The van der Waals surface area contributed by atoms with Gasteiger partial charge in [0, 0.05) is 25.0 Å². The van der Waals surface area contributed by atoms with Gasteiger partial charge in [0.2, 0.25) is 5.91 Å². The third-order valence-electron chi connectivity index (χ3n) is 5.05. The number of carbonyl (C=O) groups excluding carboxylic acids is 2. The molecular weight excluding hydrogens is 304 g/mol. The largest absolute Gasteiger partial charge is 0.356 e. The van der Waals surface area contributed by atoms with E-state index in [2.05, 4.69) is 15.5 Å². The lowest BCUT2D eigenvalue weighted by Crippen LogP contribution is -2.45. The van der Waals surface area contributed by atoms with Gasteiger partial charge in [0.1, 0.15) is 0 Å². The first-order valence-corrected chi connectivity index (χ1v) is 8.71. The van der Waals surface area contributed by atoms with E-state index in [1.54, 1.807) is 11.1 Å². The van der Waals surface area contributed by atoms with E-state index < -0.39 is 0 Å². The van der Waals surface area contributed by atoms with Crippen molar-refractivity contribution in [2.24, 2.45) is 11.8 Å². The summed E-state index contributed by atoms with van der Waals surface area (Å²) in [6.45, 7) is 1.99. The Morgan fingerprint density at radius 3 is 3.00 bits per heavy atom. The number of rotatable bonds is 4. The fraction of sp³-hybridized carbons (Fsp3) is 0.500. The Balaban J connectivity index is 1.46. The summed E-state index contributed by atoms with van der Waals surface area (Å²) in [7, 11) is 0. The van der Waals surface area contributed by atoms with Crippen LogP contribution in [0.3, 0.4) is 0 Å². The van der Waals surface area contributed by atoms with Crippen LogP contribution < -0.4 is 5.32 Å². The van der Waals surface area contributed by atoms with Gasteiger partial charge < -0.3 is 10.2 Å². The van der Waals surface area contributed by atoms with Crippen LogP contribution in [0.25, 0.3) is 10.9 Å². The van der Waals surface area contributed by atoms with Crippen LogP contribution in [0.2, 0.25) is 0 Å². The highest BCUT2D eigenvalue weighted by Gasteiger charge is 2.30. The predicted octanol–water partition coefficient (Wildman–Crippen LogP) is 1.94. The number of fused-ring (bicyclic) bond motifs is 1. The van der Waals surface area contributed by atoms with Gasteiger partial charge in [-0.15, -0.1) is 0 Å². The van der Waals surface area contributed by atoms with Crippen LogP contribution >= 0.6 is 0 Å². The molecule has 2 N–H and O–H groups in total. The summed E-state index contributed by atoms with van der Waals surface area (Å²) in [4.78, 5) is 27.0. The molecule has 24 heavy (non-hydrogen) atoms. The van der Waals surface area contributed by atoms with Crippen molar-refractivity contribution < 1.29 is 9.59 Å². The molecule has 2 fully saturated rings. The molecule has 2 aliphatic rings. The zero-order chi connectivity index (χ0) is 16.5. The maximum atomic E-state index is 12.9. The number of piperidine rings is 1. The maximum Gasteiger partial charge on any atom is 0.256 e. The van der Waals surface area contributed by atoms with Crippen LogP contribution in [0.1, 0.15) is 36.0 Å². The molecule has 2 amide bonds. The highest BCUT2D eigenvalue weighted by molar-refractivity contribution is 6.05. The van der Waals surface area contributed by atoms with Gasteiger partial charge in [0.15, 0.2) is 0 Å². The number of nitrogens with one attached hydrogen (secondary N) is 2. The second-order valence-corrected chi connectivity index (χ2v) is 6.92. The third-order valence-corrected chi connectivity index (χ3v) is 5.05. The molecule has 6 nitrogen and oxygen atoms in total. The molecule has 1 atom stereocenters. The second kappa shape index (κ2) is 6.26. The Labute approximate surface area is 140 Å².